The smallest absolute Gasteiger partial charge is 0.321 e. The molecule has 0 spiro atoms. The fourth-order valence-electron chi connectivity index (χ4n) is 4.39. The van der Waals surface area contributed by atoms with Gasteiger partial charge in [-0.2, -0.15) is 0 Å². The molecule has 2 aromatic rings. The van der Waals surface area contributed by atoms with Crippen molar-refractivity contribution >= 4 is 17.6 Å². The Balaban J connectivity index is 1.46. The van der Waals surface area contributed by atoms with E-state index < -0.39 is 6.10 Å². The lowest BCUT2D eigenvalue weighted by molar-refractivity contribution is -0.136. The number of nitrogens with one attached hydrogen (secondary N) is 1. The number of aliphatic hydroxyl groups excluding tert-OH is 1. The lowest BCUT2D eigenvalue weighted by atomic mass is 10.0. The Labute approximate surface area is 216 Å². The molecule has 2 bridgehead atoms. The molecule has 2 aliphatic heterocycles. The number of ether oxygens (including phenoxy) is 3. The first-order valence-corrected chi connectivity index (χ1v) is 12.7. The Morgan fingerprint density at radius 2 is 2.08 bits per heavy atom. The van der Waals surface area contributed by atoms with Crippen LogP contribution in [0.2, 0.25) is 0 Å². The molecule has 1 aromatic carbocycles. The summed E-state index contributed by atoms with van der Waals surface area (Å²) in [5.41, 5.74) is 1.28. The number of rotatable bonds is 5. The average molecular weight is 517 g/mol. The molecule has 12 nitrogen and oxygen atoms in total. The number of anilines is 1. The van der Waals surface area contributed by atoms with Gasteiger partial charge in [0.2, 0.25) is 5.91 Å². The molecule has 0 saturated heterocycles. The largest absolute Gasteiger partial charge is 0.486 e. The summed E-state index contributed by atoms with van der Waals surface area (Å²) in [6.45, 7) is 6.12. The SMILES string of the molecule is C[C@H]1CN([C@@H](C)CO)C(=O)CCCn2cc(nn2)CO[C@H]1CN(C)C(=O)Nc1ccc2c(c1)OCCO2. The van der Waals surface area contributed by atoms with Crippen molar-refractivity contribution in [3.05, 3.63) is 30.1 Å². The van der Waals surface area contributed by atoms with Gasteiger partial charge in [-0.1, -0.05) is 12.1 Å². The van der Waals surface area contributed by atoms with Gasteiger partial charge in [-0.3, -0.25) is 9.48 Å². The number of hydrogen-bond donors (Lipinski definition) is 2. The predicted octanol–water partition coefficient (Wildman–Crippen LogP) is 1.74. The first-order valence-electron chi connectivity index (χ1n) is 12.7. The van der Waals surface area contributed by atoms with E-state index in [9.17, 15) is 14.7 Å². The normalized spacial score (nSPS) is 21.3. The van der Waals surface area contributed by atoms with Crippen LogP contribution in [-0.2, 0) is 22.7 Å². The third-order valence-electron chi connectivity index (χ3n) is 6.64. The summed E-state index contributed by atoms with van der Waals surface area (Å²) in [6, 6.07) is 4.64. The zero-order valence-corrected chi connectivity index (χ0v) is 21.6. The van der Waals surface area contributed by atoms with E-state index in [4.69, 9.17) is 14.2 Å². The number of aromatic nitrogens is 3. The van der Waals surface area contributed by atoms with Crippen LogP contribution >= 0.6 is 0 Å². The van der Waals surface area contributed by atoms with Gasteiger partial charge in [-0.05, 0) is 25.5 Å². The molecular weight excluding hydrogens is 480 g/mol. The van der Waals surface area contributed by atoms with Gasteiger partial charge in [0.1, 0.15) is 18.9 Å². The van der Waals surface area contributed by atoms with E-state index in [1.54, 1.807) is 39.7 Å². The van der Waals surface area contributed by atoms with Crippen molar-refractivity contribution in [3.63, 3.8) is 0 Å². The lowest BCUT2D eigenvalue weighted by Gasteiger charge is -2.35. The molecule has 4 rings (SSSR count). The molecule has 0 unspecified atom stereocenters. The highest BCUT2D eigenvalue weighted by Crippen LogP contribution is 2.32. The van der Waals surface area contributed by atoms with Crippen molar-refractivity contribution in [2.45, 2.75) is 52.0 Å². The summed E-state index contributed by atoms with van der Waals surface area (Å²) in [5, 5.41) is 20.9. The number of benzene rings is 1. The van der Waals surface area contributed by atoms with Crippen LogP contribution < -0.4 is 14.8 Å². The van der Waals surface area contributed by atoms with Crippen LogP contribution in [0.15, 0.2) is 24.4 Å². The maximum atomic E-state index is 13.0. The number of likely N-dealkylation sites (N-methyl/N-ethyl adjacent to an activating group) is 1. The van der Waals surface area contributed by atoms with Crippen LogP contribution in [0.5, 0.6) is 11.5 Å². The molecule has 3 atom stereocenters. The first kappa shape index (κ1) is 26.7. The van der Waals surface area contributed by atoms with E-state index in [1.165, 1.54) is 0 Å². The third-order valence-corrected chi connectivity index (χ3v) is 6.64. The monoisotopic (exact) mass is 516 g/mol. The highest BCUT2D eigenvalue weighted by atomic mass is 16.6. The van der Waals surface area contributed by atoms with Crippen molar-refractivity contribution < 1.29 is 28.9 Å². The number of amides is 3. The minimum absolute atomic E-state index is 0.0311. The molecule has 0 radical (unpaired) electrons. The third kappa shape index (κ3) is 6.89. The van der Waals surface area contributed by atoms with Crippen molar-refractivity contribution in [1.29, 1.82) is 0 Å². The molecule has 0 aliphatic carbocycles. The van der Waals surface area contributed by atoms with E-state index in [0.29, 0.717) is 62.0 Å². The van der Waals surface area contributed by atoms with Crippen molar-refractivity contribution in [3.8, 4) is 11.5 Å². The maximum Gasteiger partial charge on any atom is 0.321 e. The van der Waals surface area contributed by atoms with Gasteiger partial charge in [0.05, 0.1) is 31.6 Å². The van der Waals surface area contributed by atoms with E-state index >= 15 is 0 Å². The van der Waals surface area contributed by atoms with Crippen molar-refractivity contribution in [2.75, 3.05) is 45.3 Å². The number of carbonyl (C=O) groups excluding carboxylic acids is 2. The standard InChI is InChI=1S/C25H36N6O6/c1-17-12-31(18(2)15-32)24(33)5-4-8-30-13-20(27-28-30)16-37-23(17)14-29(3)25(34)26-19-6-7-21-22(11-19)36-10-9-35-21/h6-7,11,13,17-18,23,32H,4-5,8-10,12,14-16H2,1-3H3,(H,26,34)/t17-,18-,23-/m0/s1. The summed E-state index contributed by atoms with van der Waals surface area (Å²) < 4.78 is 19.1. The fourth-order valence-corrected chi connectivity index (χ4v) is 4.39. The van der Waals surface area contributed by atoms with Gasteiger partial charge in [-0.25, -0.2) is 4.79 Å². The molecule has 3 amide bonds. The zero-order chi connectivity index (χ0) is 26.4. The maximum absolute atomic E-state index is 13.0. The Hall–Kier alpha value is -3.38. The molecule has 0 fully saturated rings. The molecule has 0 saturated carbocycles. The zero-order valence-electron chi connectivity index (χ0n) is 21.6. The topological polar surface area (TPSA) is 131 Å². The van der Waals surface area contributed by atoms with Crippen molar-refractivity contribution in [1.82, 2.24) is 24.8 Å². The summed E-state index contributed by atoms with van der Waals surface area (Å²) in [4.78, 5) is 29.3. The number of urea groups is 1. The number of aryl methyl sites for hydroxylation is 1. The minimum atomic E-state index is -0.400. The molecular formula is C25H36N6O6. The van der Waals surface area contributed by atoms with Gasteiger partial charge >= 0.3 is 6.03 Å². The second kappa shape index (κ2) is 12.2. The number of hydrogen-bond acceptors (Lipinski definition) is 8. The Morgan fingerprint density at radius 3 is 2.86 bits per heavy atom. The van der Waals surface area contributed by atoms with Crippen LogP contribution in [0.1, 0.15) is 32.4 Å². The molecule has 202 valence electrons. The Bertz CT molecular complexity index is 1080. The summed E-state index contributed by atoms with van der Waals surface area (Å²) in [6.07, 6.45) is 2.38. The molecule has 3 heterocycles. The number of nitrogens with zero attached hydrogens (tertiary/aromatic N) is 5. The summed E-state index contributed by atoms with van der Waals surface area (Å²) in [7, 11) is 1.69. The van der Waals surface area contributed by atoms with Crippen LogP contribution in [0, 0.1) is 5.92 Å². The molecule has 2 aliphatic rings. The molecule has 1 aromatic heterocycles. The van der Waals surface area contributed by atoms with E-state index in [2.05, 4.69) is 15.6 Å². The summed E-state index contributed by atoms with van der Waals surface area (Å²) >= 11 is 0. The quantitative estimate of drug-likeness (QED) is 0.614. The van der Waals surface area contributed by atoms with E-state index in [-0.39, 0.29) is 43.7 Å². The van der Waals surface area contributed by atoms with Gasteiger partial charge in [0.25, 0.3) is 0 Å². The number of fused-ring (bicyclic) bond motifs is 3. The minimum Gasteiger partial charge on any atom is -0.486 e. The second-order valence-corrected chi connectivity index (χ2v) is 9.65. The Morgan fingerprint density at radius 1 is 1.30 bits per heavy atom. The Kier molecular flexibility index (Phi) is 8.82. The molecule has 37 heavy (non-hydrogen) atoms. The predicted molar refractivity (Wildman–Crippen MR) is 134 cm³/mol. The average Bonchev–Trinajstić information content (AvgIpc) is 3.36. The number of aliphatic hydroxyl groups is 1. The fraction of sp³-hybridized carbons (Fsp3) is 0.600. The van der Waals surface area contributed by atoms with Crippen LogP contribution in [0.3, 0.4) is 0 Å². The van der Waals surface area contributed by atoms with E-state index in [0.717, 1.165) is 0 Å². The molecule has 12 heteroatoms. The van der Waals surface area contributed by atoms with Crippen LogP contribution in [0.4, 0.5) is 10.5 Å². The summed E-state index contributed by atoms with van der Waals surface area (Å²) in [5.74, 6) is 1.08. The van der Waals surface area contributed by atoms with Crippen molar-refractivity contribution in [2.24, 2.45) is 5.92 Å². The molecule has 2 N–H and O–H groups in total. The van der Waals surface area contributed by atoms with Gasteiger partial charge in [0, 0.05) is 50.8 Å². The van der Waals surface area contributed by atoms with Gasteiger partial charge in [-0.15, -0.1) is 5.10 Å². The van der Waals surface area contributed by atoms with Crippen LogP contribution in [-0.4, -0.2) is 93.9 Å². The first-order chi connectivity index (χ1) is 17.8. The second-order valence-electron chi connectivity index (χ2n) is 9.65. The van der Waals surface area contributed by atoms with E-state index in [1.807, 2.05) is 20.0 Å². The lowest BCUT2D eigenvalue weighted by Crippen LogP contribution is -2.48. The number of carbonyl (C=O) groups is 2. The van der Waals surface area contributed by atoms with Gasteiger partial charge < -0.3 is 34.4 Å². The van der Waals surface area contributed by atoms with Crippen LogP contribution in [0.25, 0.3) is 0 Å². The highest BCUT2D eigenvalue weighted by molar-refractivity contribution is 5.89. The van der Waals surface area contributed by atoms with Gasteiger partial charge in [0.15, 0.2) is 11.5 Å². The highest BCUT2D eigenvalue weighted by Gasteiger charge is 2.29.